The Morgan fingerprint density at radius 1 is 1.20 bits per heavy atom. The SMILES string of the molecule is Cc1ccn(CC(=O)N[C@@H]2CN(Cc3ccccc3)C[C@H]2C)c(=O)c1. The summed E-state index contributed by atoms with van der Waals surface area (Å²) >= 11 is 0. The van der Waals surface area contributed by atoms with Gasteiger partial charge in [-0.25, -0.2) is 0 Å². The van der Waals surface area contributed by atoms with Crippen LogP contribution >= 0.6 is 0 Å². The second-order valence-corrected chi connectivity index (χ2v) is 7.00. The molecule has 5 nitrogen and oxygen atoms in total. The number of benzene rings is 1. The van der Waals surface area contributed by atoms with Gasteiger partial charge in [-0.05, 0) is 30.0 Å². The molecule has 1 aliphatic heterocycles. The number of hydrogen-bond acceptors (Lipinski definition) is 3. The fourth-order valence-electron chi connectivity index (χ4n) is 3.37. The third-order valence-electron chi connectivity index (χ3n) is 4.75. The first-order valence-electron chi connectivity index (χ1n) is 8.74. The number of rotatable bonds is 5. The summed E-state index contributed by atoms with van der Waals surface area (Å²) in [5.74, 6) is 0.284. The second kappa shape index (κ2) is 7.66. The highest BCUT2D eigenvalue weighted by atomic mass is 16.2. The van der Waals surface area contributed by atoms with Crippen molar-refractivity contribution in [1.29, 1.82) is 0 Å². The summed E-state index contributed by atoms with van der Waals surface area (Å²) < 4.78 is 1.45. The van der Waals surface area contributed by atoms with Gasteiger partial charge in [0.25, 0.3) is 5.56 Å². The quantitative estimate of drug-likeness (QED) is 0.904. The van der Waals surface area contributed by atoms with E-state index in [1.54, 1.807) is 12.3 Å². The third kappa shape index (κ3) is 4.57. The maximum atomic E-state index is 12.3. The van der Waals surface area contributed by atoms with Crippen LogP contribution in [0.4, 0.5) is 0 Å². The largest absolute Gasteiger partial charge is 0.350 e. The van der Waals surface area contributed by atoms with Crippen LogP contribution in [-0.4, -0.2) is 34.5 Å². The molecular formula is C20H25N3O2. The molecule has 1 aromatic heterocycles. The van der Waals surface area contributed by atoms with Crippen molar-refractivity contribution < 1.29 is 4.79 Å². The van der Waals surface area contributed by atoms with Crippen LogP contribution in [0.25, 0.3) is 0 Å². The van der Waals surface area contributed by atoms with Gasteiger partial charge in [-0.2, -0.15) is 0 Å². The number of hydrogen-bond donors (Lipinski definition) is 1. The lowest BCUT2D eigenvalue weighted by Gasteiger charge is -2.18. The maximum absolute atomic E-state index is 12.3. The summed E-state index contributed by atoms with van der Waals surface area (Å²) in [6, 6.07) is 13.9. The van der Waals surface area contributed by atoms with Gasteiger partial charge < -0.3 is 9.88 Å². The molecule has 2 aromatic rings. The minimum atomic E-state index is -0.139. The van der Waals surface area contributed by atoms with Crippen molar-refractivity contribution >= 4 is 5.91 Å². The molecule has 1 aliphatic rings. The van der Waals surface area contributed by atoms with Crippen molar-refractivity contribution in [3.8, 4) is 0 Å². The number of carbonyl (C=O) groups excluding carboxylic acids is 1. The minimum absolute atomic E-state index is 0.0705. The fourth-order valence-corrected chi connectivity index (χ4v) is 3.37. The van der Waals surface area contributed by atoms with Crippen molar-refractivity contribution in [1.82, 2.24) is 14.8 Å². The zero-order chi connectivity index (χ0) is 17.8. The van der Waals surface area contributed by atoms with Crippen LogP contribution in [0, 0.1) is 12.8 Å². The Labute approximate surface area is 148 Å². The van der Waals surface area contributed by atoms with Crippen LogP contribution in [0.5, 0.6) is 0 Å². The van der Waals surface area contributed by atoms with Crippen LogP contribution in [0.15, 0.2) is 53.5 Å². The van der Waals surface area contributed by atoms with Crippen molar-refractivity contribution in [2.24, 2.45) is 5.92 Å². The molecule has 0 unspecified atom stereocenters. The number of pyridine rings is 1. The highest BCUT2D eigenvalue weighted by Gasteiger charge is 2.30. The van der Waals surface area contributed by atoms with Gasteiger partial charge in [0.2, 0.25) is 5.91 Å². The molecule has 0 bridgehead atoms. The minimum Gasteiger partial charge on any atom is -0.350 e. The number of likely N-dealkylation sites (tertiary alicyclic amines) is 1. The Balaban J connectivity index is 1.55. The van der Waals surface area contributed by atoms with Gasteiger partial charge in [0.1, 0.15) is 6.54 Å². The Kier molecular flexibility index (Phi) is 5.34. The van der Waals surface area contributed by atoms with E-state index in [0.29, 0.717) is 5.92 Å². The van der Waals surface area contributed by atoms with E-state index in [9.17, 15) is 9.59 Å². The molecule has 3 rings (SSSR count). The summed E-state index contributed by atoms with van der Waals surface area (Å²) in [6.07, 6.45) is 1.68. The standard InChI is InChI=1S/C20H25N3O2/c1-15-8-9-23(20(25)10-15)14-19(24)21-18-13-22(11-16(18)2)12-17-6-4-3-5-7-17/h3-10,16,18H,11-14H2,1-2H3,(H,21,24)/t16-,18-/m1/s1. The summed E-state index contributed by atoms with van der Waals surface area (Å²) in [4.78, 5) is 26.6. The number of aromatic nitrogens is 1. The van der Waals surface area contributed by atoms with E-state index >= 15 is 0 Å². The molecule has 1 aromatic carbocycles. The fraction of sp³-hybridized carbons (Fsp3) is 0.400. The van der Waals surface area contributed by atoms with E-state index in [-0.39, 0.29) is 24.1 Å². The average molecular weight is 339 g/mol. The van der Waals surface area contributed by atoms with Gasteiger partial charge in [0, 0.05) is 37.9 Å². The van der Waals surface area contributed by atoms with E-state index < -0.39 is 0 Å². The van der Waals surface area contributed by atoms with E-state index in [4.69, 9.17) is 0 Å². The lowest BCUT2D eigenvalue weighted by atomic mass is 10.1. The monoisotopic (exact) mass is 339 g/mol. The van der Waals surface area contributed by atoms with Crippen LogP contribution in [-0.2, 0) is 17.9 Å². The molecule has 0 spiro atoms. The zero-order valence-corrected chi connectivity index (χ0v) is 14.8. The van der Waals surface area contributed by atoms with Crippen LogP contribution < -0.4 is 10.9 Å². The van der Waals surface area contributed by atoms with E-state index in [0.717, 1.165) is 25.2 Å². The summed E-state index contributed by atoms with van der Waals surface area (Å²) in [5, 5.41) is 3.09. The van der Waals surface area contributed by atoms with Gasteiger partial charge in [-0.1, -0.05) is 37.3 Å². The molecule has 25 heavy (non-hydrogen) atoms. The topological polar surface area (TPSA) is 54.3 Å². The number of aryl methyl sites for hydroxylation is 1. The molecule has 0 aliphatic carbocycles. The Bertz CT molecular complexity index is 785. The first-order valence-corrected chi connectivity index (χ1v) is 8.74. The van der Waals surface area contributed by atoms with Gasteiger partial charge in [-0.3, -0.25) is 14.5 Å². The van der Waals surface area contributed by atoms with Gasteiger partial charge >= 0.3 is 0 Å². The first-order chi connectivity index (χ1) is 12.0. The van der Waals surface area contributed by atoms with Gasteiger partial charge in [-0.15, -0.1) is 0 Å². The van der Waals surface area contributed by atoms with Crippen molar-refractivity contribution in [3.05, 3.63) is 70.1 Å². The van der Waals surface area contributed by atoms with Gasteiger partial charge in [0.15, 0.2) is 0 Å². The first kappa shape index (κ1) is 17.4. The van der Waals surface area contributed by atoms with Crippen molar-refractivity contribution in [2.45, 2.75) is 33.0 Å². The molecule has 132 valence electrons. The Morgan fingerprint density at radius 2 is 1.96 bits per heavy atom. The molecule has 1 amide bonds. The highest BCUT2D eigenvalue weighted by molar-refractivity contribution is 5.76. The van der Waals surface area contributed by atoms with E-state index in [1.807, 2.05) is 31.2 Å². The van der Waals surface area contributed by atoms with Crippen molar-refractivity contribution in [2.75, 3.05) is 13.1 Å². The summed E-state index contributed by atoms with van der Waals surface area (Å²) in [6.45, 7) is 6.80. The molecule has 2 heterocycles. The van der Waals surface area contributed by atoms with E-state index in [1.165, 1.54) is 10.1 Å². The molecule has 2 atom stereocenters. The van der Waals surface area contributed by atoms with Crippen LogP contribution in [0.3, 0.4) is 0 Å². The van der Waals surface area contributed by atoms with Crippen LogP contribution in [0.2, 0.25) is 0 Å². The lowest BCUT2D eigenvalue weighted by Crippen LogP contribution is -2.42. The molecule has 0 radical (unpaired) electrons. The molecule has 5 heteroatoms. The molecule has 0 saturated carbocycles. The Hall–Kier alpha value is -2.40. The summed E-state index contributed by atoms with van der Waals surface area (Å²) in [7, 11) is 0. The molecule has 1 saturated heterocycles. The molecule has 1 N–H and O–H groups in total. The third-order valence-corrected chi connectivity index (χ3v) is 4.75. The predicted octanol–water partition coefficient (Wildman–Crippen LogP) is 1.79. The van der Waals surface area contributed by atoms with Gasteiger partial charge in [0.05, 0.1) is 0 Å². The normalized spacial score (nSPS) is 20.6. The molecular weight excluding hydrogens is 314 g/mol. The predicted molar refractivity (Wildman–Crippen MR) is 98.3 cm³/mol. The maximum Gasteiger partial charge on any atom is 0.251 e. The highest BCUT2D eigenvalue weighted by Crippen LogP contribution is 2.18. The smallest absolute Gasteiger partial charge is 0.251 e. The molecule has 1 fully saturated rings. The van der Waals surface area contributed by atoms with E-state index in [2.05, 4.69) is 29.3 Å². The zero-order valence-electron chi connectivity index (χ0n) is 14.8. The summed E-state index contributed by atoms with van der Waals surface area (Å²) in [5.41, 5.74) is 2.05. The number of nitrogens with zero attached hydrogens (tertiary/aromatic N) is 2. The van der Waals surface area contributed by atoms with Crippen molar-refractivity contribution in [3.63, 3.8) is 0 Å². The number of amides is 1. The Morgan fingerprint density at radius 3 is 2.68 bits per heavy atom. The second-order valence-electron chi connectivity index (χ2n) is 7.00. The lowest BCUT2D eigenvalue weighted by molar-refractivity contribution is -0.122. The average Bonchev–Trinajstić information content (AvgIpc) is 2.90. The van der Waals surface area contributed by atoms with Crippen LogP contribution in [0.1, 0.15) is 18.1 Å². The number of nitrogens with one attached hydrogen (secondary N) is 1. The number of carbonyl (C=O) groups is 1.